The molecule has 0 atom stereocenters. The Hall–Kier alpha value is -3.96. The van der Waals surface area contributed by atoms with Crippen molar-refractivity contribution in [3.63, 3.8) is 0 Å². The first kappa shape index (κ1) is 26.3. The molecule has 0 saturated heterocycles. The first-order valence-corrected chi connectivity index (χ1v) is 10.6. The summed E-state index contributed by atoms with van der Waals surface area (Å²) in [5.41, 5.74) is -1.11. The van der Waals surface area contributed by atoms with Crippen LogP contribution >= 0.6 is 0 Å². The molecule has 10 nitrogen and oxygen atoms in total. The van der Waals surface area contributed by atoms with E-state index < -0.39 is 33.3 Å². The molecule has 0 aliphatic rings. The summed E-state index contributed by atoms with van der Waals surface area (Å²) in [6, 6.07) is 5.82. The molecule has 12 heteroatoms. The predicted octanol–water partition coefficient (Wildman–Crippen LogP) is 5.48. The Morgan fingerprint density at radius 3 is 1.38 bits per heavy atom. The van der Waals surface area contributed by atoms with E-state index in [1.807, 2.05) is 0 Å². The number of carbonyl (C=O) groups excluding carboxylic acids is 2. The van der Waals surface area contributed by atoms with Crippen molar-refractivity contribution in [3.8, 4) is 0 Å². The number of non-ortho nitro benzene ring substituents is 2. The van der Waals surface area contributed by atoms with Gasteiger partial charge in [0, 0.05) is 37.1 Å². The predicted molar refractivity (Wildman–Crippen MR) is 120 cm³/mol. The van der Waals surface area contributed by atoms with Gasteiger partial charge in [-0.2, -0.15) is 0 Å². The van der Waals surface area contributed by atoms with Gasteiger partial charge in [0.2, 0.25) is 11.8 Å². The van der Waals surface area contributed by atoms with E-state index in [9.17, 15) is 38.6 Å². The first-order chi connectivity index (χ1) is 16.2. The molecular weight excluding hydrogens is 454 g/mol. The van der Waals surface area contributed by atoms with Crippen molar-refractivity contribution >= 4 is 34.6 Å². The van der Waals surface area contributed by atoms with Crippen LogP contribution in [0.3, 0.4) is 0 Å². The monoisotopic (exact) mass is 478 g/mol. The van der Waals surface area contributed by atoms with Crippen molar-refractivity contribution in [1.82, 2.24) is 0 Å². The van der Waals surface area contributed by atoms with Crippen molar-refractivity contribution < 1.29 is 28.2 Å². The molecule has 0 spiro atoms. The van der Waals surface area contributed by atoms with E-state index in [4.69, 9.17) is 0 Å². The second-order valence-electron chi connectivity index (χ2n) is 7.56. The van der Waals surface area contributed by atoms with Gasteiger partial charge in [0.15, 0.2) is 0 Å². The standard InChI is InChI=1S/C22H24F2N4O6/c23-17-11-9-15(27(31)32)13-19(17)25-21(29)7-5-3-1-2-4-6-8-22(30)26-20-14-16(28(33)34)10-12-18(20)24/h9-14H,1-8H2,(H,25,29)(H,26,30). The van der Waals surface area contributed by atoms with Gasteiger partial charge in [-0.15, -0.1) is 0 Å². The van der Waals surface area contributed by atoms with Crippen LogP contribution in [0.2, 0.25) is 0 Å². The van der Waals surface area contributed by atoms with Crippen LogP contribution in [0.4, 0.5) is 31.5 Å². The van der Waals surface area contributed by atoms with Crippen LogP contribution in [-0.2, 0) is 9.59 Å². The number of amides is 2. The summed E-state index contributed by atoms with van der Waals surface area (Å²) in [5, 5.41) is 26.2. The SMILES string of the molecule is O=C(CCCCCCCCC(=O)Nc1cc([N+](=O)[O-])ccc1F)Nc1cc([N+](=O)[O-])ccc1F. The van der Waals surface area contributed by atoms with Crippen molar-refractivity contribution in [2.45, 2.75) is 51.4 Å². The number of nitrogens with zero attached hydrogens (tertiary/aromatic N) is 2. The number of anilines is 2. The molecule has 0 aliphatic heterocycles. The number of halogens is 2. The van der Waals surface area contributed by atoms with Crippen molar-refractivity contribution in [2.24, 2.45) is 0 Å². The van der Waals surface area contributed by atoms with Crippen LogP contribution in [-0.4, -0.2) is 21.7 Å². The van der Waals surface area contributed by atoms with Gasteiger partial charge in [-0.3, -0.25) is 29.8 Å². The Kier molecular flexibility index (Phi) is 9.99. The van der Waals surface area contributed by atoms with E-state index in [2.05, 4.69) is 10.6 Å². The molecule has 0 fully saturated rings. The number of unbranched alkanes of at least 4 members (excludes halogenated alkanes) is 5. The zero-order valence-corrected chi connectivity index (χ0v) is 18.2. The molecular formula is C22H24F2N4O6. The molecule has 0 bridgehead atoms. The lowest BCUT2D eigenvalue weighted by molar-refractivity contribution is -0.385. The number of nitro groups is 2. The lowest BCUT2D eigenvalue weighted by Gasteiger charge is -2.07. The molecule has 0 unspecified atom stereocenters. The van der Waals surface area contributed by atoms with Crippen LogP contribution in [0.1, 0.15) is 51.4 Å². The summed E-state index contributed by atoms with van der Waals surface area (Å²) in [7, 11) is 0. The van der Waals surface area contributed by atoms with E-state index in [0.29, 0.717) is 12.8 Å². The van der Waals surface area contributed by atoms with Crippen LogP contribution < -0.4 is 10.6 Å². The number of benzene rings is 2. The minimum absolute atomic E-state index is 0.138. The molecule has 2 rings (SSSR count). The second kappa shape index (κ2) is 12.9. The highest BCUT2D eigenvalue weighted by molar-refractivity contribution is 5.91. The van der Waals surface area contributed by atoms with E-state index in [1.54, 1.807) is 0 Å². The van der Waals surface area contributed by atoms with Crippen LogP contribution in [0.5, 0.6) is 0 Å². The van der Waals surface area contributed by atoms with Gasteiger partial charge in [-0.25, -0.2) is 8.78 Å². The Balaban J connectivity index is 1.59. The van der Waals surface area contributed by atoms with E-state index in [1.165, 1.54) is 0 Å². The van der Waals surface area contributed by atoms with Gasteiger partial charge in [-0.05, 0) is 25.0 Å². The highest BCUT2D eigenvalue weighted by Crippen LogP contribution is 2.23. The lowest BCUT2D eigenvalue weighted by Crippen LogP contribution is -2.12. The van der Waals surface area contributed by atoms with Crippen LogP contribution in [0.15, 0.2) is 36.4 Å². The third-order valence-electron chi connectivity index (χ3n) is 4.93. The summed E-state index contributed by atoms with van der Waals surface area (Å²) < 4.78 is 27.4. The molecule has 0 aliphatic carbocycles. The van der Waals surface area contributed by atoms with Crippen LogP contribution in [0, 0.1) is 31.9 Å². The van der Waals surface area contributed by atoms with Gasteiger partial charge in [0.05, 0.1) is 21.2 Å². The molecule has 0 radical (unpaired) electrons. The average Bonchev–Trinajstić information content (AvgIpc) is 2.78. The lowest BCUT2D eigenvalue weighted by atomic mass is 10.1. The summed E-state index contributed by atoms with van der Waals surface area (Å²) in [4.78, 5) is 44.0. The Morgan fingerprint density at radius 2 is 1.03 bits per heavy atom. The summed E-state index contributed by atoms with van der Waals surface area (Å²) >= 11 is 0. The van der Waals surface area contributed by atoms with Crippen molar-refractivity contribution in [3.05, 3.63) is 68.3 Å². The minimum Gasteiger partial charge on any atom is -0.323 e. The number of nitrogens with one attached hydrogen (secondary N) is 2. The maximum Gasteiger partial charge on any atom is 0.271 e. The molecule has 182 valence electrons. The fourth-order valence-electron chi connectivity index (χ4n) is 3.15. The molecule has 0 heterocycles. The second-order valence-corrected chi connectivity index (χ2v) is 7.56. The molecule has 0 aromatic heterocycles. The Labute approximate surface area is 193 Å². The largest absolute Gasteiger partial charge is 0.323 e. The number of hydrogen-bond donors (Lipinski definition) is 2. The average molecular weight is 478 g/mol. The minimum atomic E-state index is -0.754. The van der Waals surface area contributed by atoms with E-state index >= 15 is 0 Å². The quantitative estimate of drug-likeness (QED) is 0.222. The van der Waals surface area contributed by atoms with Gasteiger partial charge in [0.25, 0.3) is 11.4 Å². The number of rotatable bonds is 13. The van der Waals surface area contributed by atoms with E-state index in [0.717, 1.165) is 62.1 Å². The Morgan fingerprint density at radius 1 is 0.676 bits per heavy atom. The summed E-state index contributed by atoms with van der Waals surface area (Å²) in [5.74, 6) is -2.39. The van der Waals surface area contributed by atoms with Gasteiger partial charge in [-0.1, -0.05) is 25.7 Å². The van der Waals surface area contributed by atoms with E-state index in [-0.39, 0.29) is 35.6 Å². The first-order valence-electron chi connectivity index (χ1n) is 10.6. The molecule has 2 aromatic carbocycles. The summed E-state index contributed by atoms with van der Waals surface area (Å²) in [6.07, 6.45) is 4.45. The van der Waals surface area contributed by atoms with Crippen molar-refractivity contribution in [2.75, 3.05) is 10.6 Å². The topological polar surface area (TPSA) is 144 Å². The summed E-state index contributed by atoms with van der Waals surface area (Å²) in [6.45, 7) is 0. The van der Waals surface area contributed by atoms with Gasteiger partial charge >= 0.3 is 0 Å². The third-order valence-corrected chi connectivity index (χ3v) is 4.93. The van der Waals surface area contributed by atoms with Crippen molar-refractivity contribution in [1.29, 1.82) is 0 Å². The fourth-order valence-corrected chi connectivity index (χ4v) is 3.15. The molecule has 0 saturated carbocycles. The smallest absolute Gasteiger partial charge is 0.271 e. The number of nitro benzene ring substituents is 2. The maximum atomic E-state index is 13.7. The zero-order valence-electron chi connectivity index (χ0n) is 18.2. The van der Waals surface area contributed by atoms with Crippen LogP contribution in [0.25, 0.3) is 0 Å². The Bertz CT molecular complexity index is 980. The highest BCUT2D eigenvalue weighted by Gasteiger charge is 2.14. The van der Waals surface area contributed by atoms with Gasteiger partial charge < -0.3 is 10.6 Å². The normalized spacial score (nSPS) is 10.5. The molecule has 2 amide bonds. The number of hydrogen-bond acceptors (Lipinski definition) is 6. The van der Waals surface area contributed by atoms with Gasteiger partial charge in [0.1, 0.15) is 11.6 Å². The highest BCUT2D eigenvalue weighted by atomic mass is 19.1. The number of carbonyl (C=O) groups is 2. The molecule has 2 N–H and O–H groups in total. The zero-order chi connectivity index (χ0) is 25.1. The molecule has 2 aromatic rings. The fraction of sp³-hybridized carbons (Fsp3) is 0.364. The maximum absolute atomic E-state index is 13.7. The molecule has 34 heavy (non-hydrogen) atoms. The third kappa shape index (κ3) is 8.52.